The number of amides is 2. The van der Waals surface area contributed by atoms with Crippen molar-refractivity contribution < 1.29 is 24.2 Å². The third-order valence-corrected chi connectivity index (χ3v) is 6.80. The van der Waals surface area contributed by atoms with Crippen molar-refractivity contribution in [1.29, 1.82) is 0 Å². The number of hydrogen-bond donors (Lipinski definition) is 3. The number of nitrogens with zero attached hydrogens (tertiary/aromatic N) is 4. The zero-order valence-corrected chi connectivity index (χ0v) is 20.6. The molecule has 2 amide bonds. The van der Waals surface area contributed by atoms with Crippen LogP contribution >= 0.6 is 0 Å². The molecule has 190 valence electrons. The fourth-order valence-corrected chi connectivity index (χ4v) is 4.65. The van der Waals surface area contributed by atoms with E-state index in [0.717, 1.165) is 18.5 Å². The molecule has 1 saturated carbocycles. The summed E-state index contributed by atoms with van der Waals surface area (Å²) in [5.41, 5.74) is 1.20. The Kier molecular flexibility index (Phi) is 6.97. The fraction of sp³-hybridized carbons (Fsp3) is 0.600. The van der Waals surface area contributed by atoms with E-state index in [1.807, 2.05) is 20.8 Å². The molecular weight excluding hydrogens is 453 g/mol. The highest BCUT2D eigenvalue weighted by atomic mass is 19.1. The van der Waals surface area contributed by atoms with Gasteiger partial charge in [-0.3, -0.25) is 9.59 Å². The number of halogens is 1. The number of aromatic nitrogens is 3. The lowest BCUT2D eigenvalue weighted by atomic mass is 9.85. The van der Waals surface area contributed by atoms with Gasteiger partial charge in [-0.05, 0) is 42.4 Å². The van der Waals surface area contributed by atoms with Gasteiger partial charge in [0.25, 0.3) is 0 Å². The largest absolute Gasteiger partial charge is 0.394 e. The molecule has 0 radical (unpaired) electrons. The van der Waals surface area contributed by atoms with Crippen LogP contribution in [0.15, 0.2) is 24.4 Å². The molecule has 2 fully saturated rings. The van der Waals surface area contributed by atoms with E-state index in [1.54, 1.807) is 29.9 Å². The second-order valence-corrected chi connectivity index (χ2v) is 10.8. The average molecular weight is 488 g/mol. The maximum atomic E-state index is 14.1. The molecular formula is C25H34FN5O4. The van der Waals surface area contributed by atoms with Crippen molar-refractivity contribution in [3.8, 4) is 0 Å². The molecule has 0 bridgehead atoms. The topological polar surface area (TPSA) is 121 Å². The number of β-amino-alcohol motifs (C(OH)–C–C–N with tert-alkyl or cyclic N) is 1. The van der Waals surface area contributed by atoms with Crippen molar-refractivity contribution in [2.45, 2.75) is 77.1 Å². The molecule has 2 aliphatic rings. The Bertz CT molecular complexity index is 1090. The molecule has 1 saturated heterocycles. The minimum absolute atomic E-state index is 0.0105. The number of aryl methyl sites for hydroxylation is 1. The number of likely N-dealkylation sites (tertiary alicyclic amines) is 1. The van der Waals surface area contributed by atoms with E-state index in [4.69, 9.17) is 0 Å². The van der Waals surface area contributed by atoms with Crippen molar-refractivity contribution in [3.05, 3.63) is 47.0 Å². The van der Waals surface area contributed by atoms with Gasteiger partial charge in [-0.2, -0.15) is 0 Å². The summed E-state index contributed by atoms with van der Waals surface area (Å²) in [6.45, 7) is 6.96. The van der Waals surface area contributed by atoms with Gasteiger partial charge in [-0.1, -0.05) is 38.1 Å². The highest BCUT2D eigenvalue weighted by Gasteiger charge is 2.45. The molecule has 2 heterocycles. The maximum absolute atomic E-state index is 14.1. The van der Waals surface area contributed by atoms with Gasteiger partial charge in [0, 0.05) is 25.1 Å². The zero-order chi connectivity index (χ0) is 25.5. The normalized spacial score (nSPS) is 22.2. The van der Waals surface area contributed by atoms with Gasteiger partial charge in [-0.25, -0.2) is 9.07 Å². The number of nitrogens with one attached hydrogen (secondary N) is 1. The predicted molar refractivity (Wildman–Crippen MR) is 126 cm³/mol. The van der Waals surface area contributed by atoms with Crippen LogP contribution in [0, 0.1) is 18.2 Å². The molecule has 4 unspecified atom stereocenters. The van der Waals surface area contributed by atoms with Crippen LogP contribution in [-0.4, -0.2) is 67.2 Å². The molecule has 10 heteroatoms. The Labute approximate surface area is 204 Å². The summed E-state index contributed by atoms with van der Waals surface area (Å²) in [7, 11) is 0. The van der Waals surface area contributed by atoms with Gasteiger partial charge in [0.05, 0.1) is 24.4 Å². The van der Waals surface area contributed by atoms with Crippen LogP contribution in [0.2, 0.25) is 0 Å². The smallest absolute Gasteiger partial charge is 0.248 e. The van der Waals surface area contributed by atoms with Crippen molar-refractivity contribution in [2.75, 3.05) is 13.2 Å². The number of benzene rings is 1. The third kappa shape index (κ3) is 5.38. The summed E-state index contributed by atoms with van der Waals surface area (Å²) in [6.07, 6.45) is 3.13. The Morgan fingerprint density at radius 2 is 2.00 bits per heavy atom. The zero-order valence-electron chi connectivity index (χ0n) is 20.6. The number of aliphatic hydroxyl groups is 2. The quantitative estimate of drug-likeness (QED) is 0.550. The predicted octanol–water partition coefficient (Wildman–Crippen LogP) is 2.00. The summed E-state index contributed by atoms with van der Waals surface area (Å²) >= 11 is 0. The van der Waals surface area contributed by atoms with E-state index >= 15 is 0 Å². The van der Waals surface area contributed by atoms with Crippen LogP contribution in [0.5, 0.6) is 0 Å². The molecule has 1 aliphatic heterocycles. The lowest BCUT2D eigenvalue weighted by molar-refractivity contribution is -0.144. The molecule has 2 aromatic rings. The molecule has 4 rings (SSSR count). The van der Waals surface area contributed by atoms with Crippen molar-refractivity contribution in [2.24, 2.45) is 5.41 Å². The lowest BCUT2D eigenvalue weighted by Crippen LogP contribution is -2.51. The first-order valence-corrected chi connectivity index (χ1v) is 12.1. The van der Waals surface area contributed by atoms with E-state index in [-0.39, 0.29) is 18.9 Å². The first-order valence-electron chi connectivity index (χ1n) is 12.1. The summed E-state index contributed by atoms with van der Waals surface area (Å²) in [6, 6.07) is 2.00. The monoisotopic (exact) mass is 487 g/mol. The molecule has 35 heavy (non-hydrogen) atoms. The van der Waals surface area contributed by atoms with E-state index in [1.165, 1.54) is 11.0 Å². The third-order valence-electron chi connectivity index (χ3n) is 6.80. The molecule has 9 nitrogen and oxygen atoms in total. The van der Waals surface area contributed by atoms with Crippen LogP contribution in [0.4, 0.5) is 4.39 Å². The molecule has 3 N–H and O–H groups in total. The number of aliphatic hydroxyl groups excluding tert-OH is 2. The standard InChI is InChI=1S/C25H34FN5O4/c1-14-5-6-16(9-18(14)26)20(13-32)27-23(34)21-10-17(33)11-30(21)24(35)22(25(2,3)4)31-12-19(28-29-31)15-7-8-15/h5-6,9,12,15,17,20-22,32-33H,7-8,10-11,13H2,1-4H3,(H,27,34). The second-order valence-electron chi connectivity index (χ2n) is 10.8. The van der Waals surface area contributed by atoms with Crippen LogP contribution in [0.1, 0.15) is 74.9 Å². The average Bonchev–Trinajstić information content (AvgIpc) is 3.40. The number of rotatable bonds is 7. The van der Waals surface area contributed by atoms with Gasteiger partial charge >= 0.3 is 0 Å². The van der Waals surface area contributed by atoms with Crippen LogP contribution < -0.4 is 5.32 Å². The first kappa shape index (κ1) is 25.2. The highest BCUT2D eigenvalue weighted by molar-refractivity contribution is 5.90. The van der Waals surface area contributed by atoms with Gasteiger partial charge in [0.2, 0.25) is 11.8 Å². The Balaban J connectivity index is 1.55. The van der Waals surface area contributed by atoms with Gasteiger partial charge in [-0.15, -0.1) is 5.10 Å². The second kappa shape index (κ2) is 9.66. The van der Waals surface area contributed by atoms with E-state index in [2.05, 4.69) is 15.6 Å². The lowest BCUT2D eigenvalue weighted by Gasteiger charge is -2.35. The summed E-state index contributed by atoms with van der Waals surface area (Å²) < 4.78 is 15.6. The SMILES string of the molecule is Cc1ccc(C(CO)NC(=O)C2CC(O)CN2C(=O)C(n2cc(C3CC3)nn2)C(C)(C)C)cc1F. The minimum atomic E-state index is -0.932. The number of carbonyl (C=O) groups excluding carboxylic acids is 2. The molecule has 1 aromatic carbocycles. The Morgan fingerprint density at radius 3 is 2.60 bits per heavy atom. The number of carbonyl (C=O) groups is 2. The van der Waals surface area contributed by atoms with Gasteiger partial charge < -0.3 is 20.4 Å². The molecule has 1 aromatic heterocycles. The fourth-order valence-electron chi connectivity index (χ4n) is 4.65. The maximum Gasteiger partial charge on any atom is 0.248 e. The first-order chi connectivity index (χ1) is 16.5. The van der Waals surface area contributed by atoms with Gasteiger partial charge in [0.1, 0.15) is 17.9 Å². The summed E-state index contributed by atoms with van der Waals surface area (Å²) in [5.74, 6) is -0.897. The Morgan fingerprint density at radius 1 is 1.29 bits per heavy atom. The minimum Gasteiger partial charge on any atom is -0.394 e. The molecule has 4 atom stereocenters. The van der Waals surface area contributed by atoms with E-state index in [0.29, 0.717) is 17.0 Å². The molecule has 0 spiro atoms. The van der Waals surface area contributed by atoms with Gasteiger partial charge in [0.15, 0.2) is 0 Å². The van der Waals surface area contributed by atoms with Crippen LogP contribution in [0.25, 0.3) is 0 Å². The summed E-state index contributed by atoms with van der Waals surface area (Å²) in [5, 5.41) is 31.4. The Hall–Kier alpha value is -2.85. The molecule has 1 aliphatic carbocycles. The summed E-state index contributed by atoms with van der Waals surface area (Å²) in [4.78, 5) is 28.4. The highest BCUT2D eigenvalue weighted by Crippen LogP contribution is 2.40. The van der Waals surface area contributed by atoms with Crippen molar-refractivity contribution >= 4 is 11.8 Å². The number of hydrogen-bond acceptors (Lipinski definition) is 6. The van der Waals surface area contributed by atoms with Crippen molar-refractivity contribution in [3.63, 3.8) is 0 Å². The van der Waals surface area contributed by atoms with Crippen molar-refractivity contribution in [1.82, 2.24) is 25.2 Å². The van der Waals surface area contributed by atoms with E-state index < -0.39 is 48.0 Å². The van der Waals surface area contributed by atoms with Crippen LogP contribution in [0.3, 0.4) is 0 Å². The van der Waals surface area contributed by atoms with E-state index in [9.17, 15) is 24.2 Å². The van der Waals surface area contributed by atoms with Crippen LogP contribution in [-0.2, 0) is 9.59 Å².